The van der Waals surface area contributed by atoms with Gasteiger partial charge in [0.2, 0.25) is 0 Å². The van der Waals surface area contributed by atoms with Crippen molar-refractivity contribution in [3.05, 3.63) is 77.1 Å². The SMILES string of the molecule is CC(C)c1nn2nc(-c3ccccc3Cl)cc2n1C(=O)c1ccccc1. The molecule has 0 atom stereocenters. The van der Waals surface area contributed by atoms with E-state index in [4.69, 9.17) is 11.6 Å². The van der Waals surface area contributed by atoms with Crippen LogP contribution in [0.3, 0.4) is 0 Å². The summed E-state index contributed by atoms with van der Waals surface area (Å²) in [5, 5.41) is 9.68. The summed E-state index contributed by atoms with van der Waals surface area (Å²) < 4.78 is 3.14. The van der Waals surface area contributed by atoms with Crippen LogP contribution in [0, 0.1) is 0 Å². The number of halogens is 1. The van der Waals surface area contributed by atoms with Crippen LogP contribution in [0.4, 0.5) is 0 Å². The van der Waals surface area contributed by atoms with Crippen molar-refractivity contribution in [2.45, 2.75) is 19.8 Å². The molecule has 130 valence electrons. The smallest absolute Gasteiger partial charge is 0.265 e. The monoisotopic (exact) mass is 364 g/mol. The first-order valence-corrected chi connectivity index (χ1v) is 8.77. The number of rotatable bonds is 3. The molecule has 0 bridgehead atoms. The molecule has 5 nitrogen and oxygen atoms in total. The standard InChI is InChI=1S/C20H17ClN4O/c1-13(2)19-23-25-18(24(19)20(26)14-8-4-3-5-9-14)12-17(22-25)15-10-6-7-11-16(15)21/h3-13H,1-2H3. The Kier molecular flexibility index (Phi) is 4.09. The normalized spacial score (nSPS) is 11.4. The molecule has 0 saturated carbocycles. The van der Waals surface area contributed by atoms with Crippen LogP contribution in [0.5, 0.6) is 0 Å². The summed E-state index contributed by atoms with van der Waals surface area (Å²) in [5.41, 5.74) is 2.72. The molecule has 0 aliphatic heterocycles. The van der Waals surface area contributed by atoms with Gasteiger partial charge < -0.3 is 0 Å². The van der Waals surface area contributed by atoms with Crippen LogP contribution in [0.15, 0.2) is 60.7 Å². The summed E-state index contributed by atoms with van der Waals surface area (Å²) in [5.74, 6) is 0.627. The molecule has 0 unspecified atom stereocenters. The molecular weight excluding hydrogens is 348 g/mol. The Bertz CT molecular complexity index is 1100. The van der Waals surface area contributed by atoms with Crippen molar-refractivity contribution in [2.75, 3.05) is 0 Å². The summed E-state index contributed by atoms with van der Waals surface area (Å²) in [7, 11) is 0. The van der Waals surface area contributed by atoms with Crippen LogP contribution >= 0.6 is 11.6 Å². The van der Waals surface area contributed by atoms with E-state index in [1.54, 1.807) is 16.7 Å². The molecule has 2 aromatic carbocycles. The molecule has 0 fully saturated rings. The van der Waals surface area contributed by atoms with Crippen LogP contribution in [-0.4, -0.2) is 25.3 Å². The van der Waals surface area contributed by atoms with Crippen LogP contribution in [0.25, 0.3) is 16.9 Å². The third-order valence-corrected chi connectivity index (χ3v) is 4.55. The molecule has 4 rings (SSSR count). The fourth-order valence-electron chi connectivity index (χ4n) is 2.94. The van der Waals surface area contributed by atoms with Gasteiger partial charge in [-0.1, -0.05) is 61.8 Å². The lowest BCUT2D eigenvalue weighted by molar-refractivity contribution is 0.0960. The Hall–Kier alpha value is -2.92. The molecule has 0 saturated heterocycles. The Morgan fingerprint density at radius 2 is 1.69 bits per heavy atom. The largest absolute Gasteiger partial charge is 0.268 e. The van der Waals surface area contributed by atoms with Gasteiger partial charge in [-0.2, -0.15) is 0 Å². The predicted octanol–water partition coefficient (Wildman–Crippen LogP) is 4.66. The number of carbonyl (C=O) groups is 1. The van der Waals surface area contributed by atoms with E-state index in [0.29, 0.717) is 27.8 Å². The van der Waals surface area contributed by atoms with Crippen LogP contribution in [-0.2, 0) is 0 Å². The number of aromatic nitrogens is 4. The quantitative estimate of drug-likeness (QED) is 0.531. The van der Waals surface area contributed by atoms with Crippen molar-refractivity contribution in [2.24, 2.45) is 0 Å². The average molecular weight is 365 g/mol. The summed E-state index contributed by atoms with van der Waals surface area (Å²) in [4.78, 5) is 13.1. The zero-order chi connectivity index (χ0) is 18.3. The van der Waals surface area contributed by atoms with Gasteiger partial charge >= 0.3 is 0 Å². The van der Waals surface area contributed by atoms with E-state index in [1.165, 1.54) is 4.63 Å². The van der Waals surface area contributed by atoms with Gasteiger partial charge in [-0.25, -0.2) is 4.57 Å². The van der Waals surface area contributed by atoms with Gasteiger partial charge in [0.25, 0.3) is 5.91 Å². The van der Waals surface area contributed by atoms with E-state index in [-0.39, 0.29) is 11.8 Å². The van der Waals surface area contributed by atoms with E-state index >= 15 is 0 Å². The van der Waals surface area contributed by atoms with E-state index in [2.05, 4.69) is 10.2 Å². The molecule has 6 heteroatoms. The highest BCUT2D eigenvalue weighted by Crippen LogP contribution is 2.28. The second-order valence-electron chi connectivity index (χ2n) is 6.38. The molecular formula is C20H17ClN4O. The average Bonchev–Trinajstić information content (AvgIpc) is 3.20. The Balaban J connectivity index is 1.91. The second-order valence-corrected chi connectivity index (χ2v) is 6.78. The van der Waals surface area contributed by atoms with Gasteiger partial charge in [0.1, 0.15) is 5.82 Å². The number of nitrogens with zero attached hydrogens (tertiary/aromatic N) is 4. The van der Waals surface area contributed by atoms with Gasteiger partial charge in [-0.15, -0.1) is 14.8 Å². The molecule has 0 N–H and O–H groups in total. The molecule has 26 heavy (non-hydrogen) atoms. The fraction of sp³-hybridized carbons (Fsp3) is 0.150. The maximum atomic E-state index is 13.1. The van der Waals surface area contributed by atoms with Gasteiger partial charge in [-0.05, 0) is 18.2 Å². The zero-order valence-corrected chi connectivity index (χ0v) is 15.2. The molecule has 0 spiro atoms. The summed E-state index contributed by atoms with van der Waals surface area (Å²) >= 11 is 6.29. The number of hydrogen-bond acceptors (Lipinski definition) is 3. The Labute approximate surface area is 155 Å². The Morgan fingerprint density at radius 3 is 2.38 bits per heavy atom. The molecule has 4 aromatic rings. The predicted molar refractivity (Wildman–Crippen MR) is 102 cm³/mol. The van der Waals surface area contributed by atoms with Crippen LogP contribution < -0.4 is 0 Å². The van der Waals surface area contributed by atoms with Crippen molar-refractivity contribution in [1.29, 1.82) is 0 Å². The summed E-state index contributed by atoms with van der Waals surface area (Å²) in [6.45, 7) is 4.01. The molecule has 0 aliphatic rings. The minimum atomic E-state index is -0.123. The second kappa shape index (κ2) is 6.42. The maximum absolute atomic E-state index is 13.1. The zero-order valence-electron chi connectivity index (χ0n) is 14.4. The highest BCUT2D eigenvalue weighted by molar-refractivity contribution is 6.33. The molecule has 0 radical (unpaired) electrons. The van der Waals surface area contributed by atoms with Crippen molar-refractivity contribution in [3.8, 4) is 11.3 Å². The lowest BCUT2D eigenvalue weighted by Gasteiger charge is -2.08. The lowest BCUT2D eigenvalue weighted by Crippen LogP contribution is -2.16. The summed E-state index contributed by atoms with van der Waals surface area (Å²) in [6.07, 6.45) is 0. The summed E-state index contributed by atoms with van der Waals surface area (Å²) in [6, 6.07) is 18.5. The third kappa shape index (κ3) is 2.70. The molecule has 2 aromatic heterocycles. The van der Waals surface area contributed by atoms with Gasteiger partial charge in [0, 0.05) is 23.1 Å². The molecule has 0 amide bonds. The van der Waals surface area contributed by atoms with Gasteiger partial charge in [-0.3, -0.25) is 4.79 Å². The number of benzene rings is 2. The topological polar surface area (TPSA) is 52.2 Å². The van der Waals surface area contributed by atoms with Gasteiger partial charge in [0.15, 0.2) is 5.65 Å². The highest BCUT2D eigenvalue weighted by atomic mass is 35.5. The Morgan fingerprint density at radius 1 is 1.00 bits per heavy atom. The third-order valence-electron chi connectivity index (χ3n) is 4.22. The van der Waals surface area contributed by atoms with E-state index in [0.717, 1.165) is 5.56 Å². The van der Waals surface area contributed by atoms with E-state index in [9.17, 15) is 4.79 Å². The van der Waals surface area contributed by atoms with Crippen molar-refractivity contribution in [3.63, 3.8) is 0 Å². The van der Waals surface area contributed by atoms with E-state index in [1.807, 2.05) is 62.4 Å². The number of carbonyl (C=O) groups excluding carboxylic acids is 1. The fourth-order valence-corrected chi connectivity index (χ4v) is 3.17. The highest BCUT2D eigenvalue weighted by Gasteiger charge is 2.23. The molecule has 2 heterocycles. The number of fused-ring (bicyclic) bond motifs is 1. The van der Waals surface area contributed by atoms with Crippen LogP contribution in [0.2, 0.25) is 5.02 Å². The first kappa shape index (κ1) is 16.5. The van der Waals surface area contributed by atoms with Crippen molar-refractivity contribution in [1.82, 2.24) is 19.4 Å². The first-order chi connectivity index (χ1) is 12.6. The first-order valence-electron chi connectivity index (χ1n) is 8.39. The van der Waals surface area contributed by atoms with Gasteiger partial charge in [0.05, 0.1) is 10.7 Å². The maximum Gasteiger partial charge on any atom is 0.265 e. The number of hydrogen-bond donors (Lipinski definition) is 0. The minimum Gasteiger partial charge on any atom is -0.268 e. The van der Waals surface area contributed by atoms with Crippen LogP contribution in [0.1, 0.15) is 35.9 Å². The minimum absolute atomic E-state index is 0.0770. The van der Waals surface area contributed by atoms with Crippen molar-refractivity contribution < 1.29 is 4.79 Å². The van der Waals surface area contributed by atoms with Crippen molar-refractivity contribution >= 4 is 23.2 Å². The molecule has 0 aliphatic carbocycles. The lowest BCUT2D eigenvalue weighted by atomic mass is 10.1. The van der Waals surface area contributed by atoms with E-state index < -0.39 is 0 Å².